The van der Waals surface area contributed by atoms with Gasteiger partial charge in [-0.15, -0.1) is 0 Å². The second-order valence-corrected chi connectivity index (χ2v) is 6.74. The van der Waals surface area contributed by atoms with E-state index in [2.05, 4.69) is 20.8 Å². The van der Waals surface area contributed by atoms with Gasteiger partial charge in [0.1, 0.15) is 0 Å². The average molecular weight is 222 g/mol. The summed E-state index contributed by atoms with van der Waals surface area (Å²) in [6.07, 6.45) is 13.5. The molecule has 16 heavy (non-hydrogen) atoms. The molecule has 0 radical (unpaired) electrons. The topological polar surface area (TPSA) is 0 Å². The van der Waals surface area contributed by atoms with Crippen molar-refractivity contribution in [2.75, 3.05) is 0 Å². The highest BCUT2D eigenvalue weighted by atomic mass is 14.5. The summed E-state index contributed by atoms with van der Waals surface area (Å²) in [6.45, 7) is 7.42. The van der Waals surface area contributed by atoms with Crippen LogP contribution in [0.1, 0.15) is 78.6 Å². The smallest absolute Gasteiger partial charge is 0.0295 e. The van der Waals surface area contributed by atoms with Crippen molar-refractivity contribution >= 4 is 0 Å². The Labute approximate surface area is 102 Å². The number of hydrogen-bond donors (Lipinski definition) is 0. The van der Waals surface area contributed by atoms with Gasteiger partial charge in [0.15, 0.2) is 0 Å². The normalized spacial score (nSPS) is 38.8. The van der Waals surface area contributed by atoms with Crippen LogP contribution in [0.4, 0.5) is 0 Å². The van der Waals surface area contributed by atoms with Crippen molar-refractivity contribution in [3.8, 4) is 0 Å². The average Bonchev–Trinajstić information content (AvgIpc) is 2.74. The van der Waals surface area contributed by atoms with Gasteiger partial charge < -0.3 is 0 Å². The summed E-state index contributed by atoms with van der Waals surface area (Å²) >= 11 is 0. The molecule has 0 heteroatoms. The van der Waals surface area contributed by atoms with E-state index in [4.69, 9.17) is 0 Å². The largest absolute Gasteiger partial charge is 0.0651 e. The first-order valence-corrected chi connectivity index (χ1v) is 7.69. The summed E-state index contributed by atoms with van der Waals surface area (Å²) in [6, 6.07) is 0. The fourth-order valence-electron chi connectivity index (χ4n) is 4.61. The fourth-order valence-corrected chi connectivity index (χ4v) is 4.61. The highest BCUT2D eigenvalue weighted by Gasteiger charge is 2.43. The Morgan fingerprint density at radius 1 is 0.938 bits per heavy atom. The van der Waals surface area contributed by atoms with Crippen LogP contribution in [-0.4, -0.2) is 0 Å². The zero-order valence-electron chi connectivity index (χ0n) is 11.6. The van der Waals surface area contributed by atoms with Crippen LogP contribution in [0.25, 0.3) is 0 Å². The summed E-state index contributed by atoms with van der Waals surface area (Å²) in [5, 5.41) is 0. The third kappa shape index (κ3) is 2.31. The second-order valence-electron chi connectivity index (χ2n) is 6.74. The van der Waals surface area contributed by atoms with Gasteiger partial charge in [-0.3, -0.25) is 0 Å². The standard InChI is InChI=1S/C16H30/c1-4-13-11-14(5-2)15(12-13)16(3)9-7-6-8-10-16/h13-15H,4-12H2,1-3H3. The van der Waals surface area contributed by atoms with Gasteiger partial charge in [-0.2, -0.15) is 0 Å². The summed E-state index contributed by atoms with van der Waals surface area (Å²) in [7, 11) is 0. The molecule has 0 spiro atoms. The molecule has 0 N–H and O–H groups in total. The molecule has 3 unspecified atom stereocenters. The fraction of sp³-hybridized carbons (Fsp3) is 1.00. The van der Waals surface area contributed by atoms with E-state index in [0.29, 0.717) is 5.41 Å². The van der Waals surface area contributed by atoms with E-state index in [-0.39, 0.29) is 0 Å². The van der Waals surface area contributed by atoms with Crippen LogP contribution in [0, 0.1) is 23.2 Å². The summed E-state index contributed by atoms with van der Waals surface area (Å²) in [5.74, 6) is 3.16. The predicted octanol–water partition coefficient (Wildman–Crippen LogP) is 5.42. The van der Waals surface area contributed by atoms with Crippen molar-refractivity contribution in [3.05, 3.63) is 0 Å². The lowest BCUT2D eigenvalue weighted by Gasteiger charge is -2.42. The van der Waals surface area contributed by atoms with E-state index in [1.807, 2.05) is 0 Å². The summed E-state index contributed by atoms with van der Waals surface area (Å²) in [5.41, 5.74) is 0.711. The highest BCUT2D eigenvalue weighted by molar-refractivity contribution is 4.94. The second kappa shape index (κ2) is 5.10. The molecular weight excluding hydrogens is 192 g/mol. The number of rotatable bonds is 3. The van der Waals surface area contributed by atoms with Crippen molar-refractivity contribution in [2.24, 2.45) is 23.2 Å². The molecule has 0 aromatic carbocycles. The van der Waals surface area contributed by atoms with Gasteiger partial charge in [-0.25, -0.2) is 0 Å². The zero-order valence-corrected chi connectivity index (χ0v) is 11.6. The molecule has 2 saturated carbocycles. The third-order valence-electron chi connectivity index (χ3n) is 5.79. The van der Waals surface area contributed by atoms with Gasteiger partial charge in [0.2, 0.25) is 0 Å². The molecule has 3 atom stereocenters. The first kappa shape index (κ1) is 12.5. The molecule has 94 valence electrons. The van der Waals surface area contributed by atoms with Crippen LogP contribution in [0.15, 0.2) is 0 Å². The van der Waals surface area contributed by atoms with Crippen LogP contribution >= 0.6 is 0 Å². The maximum atomic E-state index is 2.61. The maximum absolute atomic E-state index is 2.61. The van der Waals surface area contributed by atoms with Gasteiger partial charge in [0.25, 0.3) is 0 Å². The minimum atomic E-state index is 0.711. The first-order chi connectivity index (χ1) is 7.69. The third-order valence-corrected chi connectivity index (χ3v) is 5.79. The molecule has 0 amide bonds. The summed E-state index contributed by atoms with van der Waals surface area (Å²) < 4.78 is 0. The van der Waals surface area contributed by atoms with Crippen molar-refractivity contribution < 1.29 is 0 Å². The van der Waals surface area contributed by atoms with Crippen molar-refractivity contribution in [2.45, 2.75) is 78.6 Å². The van der Waals surface area contributed by atoms with Gasteiger partial charge in [-0.1, -0.05) is 52.9 Å². The van der Waals surface area contributed by atoms with E-state index in [0.717, 1.165) is 17.8 Å². The van der Waals surface area contributed by atoms with E-state index >= 15 is 0 Å². The van der Waals surface area contributed by atoms with Crippen molar-refractivity contribution in [1.82, 2.24) is 0 Å². The van der Waals surface area contributed by atoms with Crippen molar-refractivity contribution in [1.29, 1.82) is 0 Å². The molecule has 2 fully saturated rings. The van der Waals surface area contributed by atoms with Crippen LogP contribution in [0.3, 0.4) is 0 Å². The molecule has 0 nitrogen and oxygen atoms in total. The molecule has 2 aliphatic rings. The van der Waals surface area contributed by atoms with Crippen LogP contribution in [-0.2, 0) is 0 Å². The van der Waals surface area contributed by atoms with Crippen molar-refractivity contribution in [3.63, 3.8) is 0 Å². The Kier molecular flexibility index (Phi) is 3.97. The molecular formula is C16H30. The van der Waals surface area contributed by atoms with Crippen LogP contribution in [0.5, 0.6) is 0 Å². The van der Waals surface area contributed by atoms with E-state index < -0.39 is 0 Å². The number of hydrogen-bond acceptors (Lipinski definition) is 0. The van der Waals surface area contributed by atoms with E-state index in [9.17, 15) is 0 Å². The molecule has 2 rings (SSSR count). The van der Waals surface area contributed by atoms with Gasteiger partial charge in [0.05, 0.1) is 0 Å². The lowest BCUT2D eigenvalue weighted by Crippen LogP contribution is -2.32. The minimum Gasteiger partial charge on any atom is -0.0651 e. The molecule has 0 aromatic heterocycles. The molecule has 2 aliphatic carbocycles. The monoisotopic (exact) mass is 222 g/mol. The van der Waals surface area contributed by atoms with Gasteiger partial charge in [0, 0.05) is 0 Å². The van der Waals surface area contributed by atoms with Gasteiger partial charge >= 0.3 is 0 Å². The van der Waals surface area contributed by atoms with E-state index in [1.165, 1.54) is 51.4 Å². The quantitative estimate of drug-likeness (QED) is 0.598. The van der Waals surface area contributed by atoms with Crippen LogP contribution in [0.2, 0.25) is 0 Å². The Morgan fingerprint density at radius 2 is 1.62 bits per heavy atom. The Balaban J connectivity index is 2.06. The molecule has 0 aliphatic heterocycles. The maximum Gasteiger partial charge on any atom is -0.0295 e. The SMILES string of the molecule is CCC1CC(CC)C(C2(C)CCCCC2)C1. The Hall–Kier alpha value is 0. The van der Waals surface area contributed by atoms with Crippen LogP contribution < -0.4 is 0 Å². The lowest BCUT2D eigenvalue weighted by atomic mass is 9.63. The highest BCUT2D eigenvalue weighted by Crippen LogP contribution is 2.54. The van der Waals surface area contributed by atoms with Gasteiger partial charge in [-0.05, 0) is 48.9 Å². The molecule has 0 saturated heterocycles. The minimum absolute atomic E-state index is 0.711. The zero-order chi connectivity index (χ0) is 11.6. The summed E-state index contributed by atoms with van der Waals surface area (Å²) in [4.78, 5) is 0. The molecule has 0 aromatic rings. The first-order valence-electron chi connectivity index (χ1n) is 7.69. The molecule has 0 bridgehead atoms. The Bertz CT molecular complexity index is 212. The predicted molar refractivity (Wildman–Crippen MR) is 71.5 cm³/mol. The lowest BCUT2D eigenvalue weighted by molar-refractivity contribution is 0.0856. The Morgan fingerprint density at radius 3 is 2.19 bits per heavy atom. The molecule has 0 heterocycles. The van der Waals surface area contributed by atoms with E-state index in [1.54, 1.807) is 6.42 Å².